The van der Waals surface area contributed by atoms with Gasteiger partial charge in [-0.1, -0.05) is 41.5 Å². The van der Waals surface area contributed by atoms with Crippen molar-refractivity contribution in [1.82, 2.24) is 4.90 Å². The maximum atomic E-state index is 12.2. The highest BCUT2D eigenvalue weighted by atomic mass is 32.2. The Morgan fingerprint density at radius 3 is 2.30 bits per heavy atom. The van der Waals surface area contributed by atoms with E-state index < -0.39 is 0 Å². The summed E-state index contributed by atoms with van der Waals surface area (Å²) in [7, 11) is 0. The van der Waals surface area contributed by atoms with Gasteiger partial charge in [0.15, 0.2) is 0 Å². The Morgan fingerprint density at radius 1 is 1.20 bits per heavy atom. The predicted molar refractivity (Wildman–Crippen MR) is 82.7 cm³/mol. The van der Waals surface area contributed by atoms with Crippen molar-refractivity contribution in [3.63, 3.8) is 0 Å². The molecule has 0 spiro atoms. The molecule has 1 saturated heterocycles. The summed E-state index contributed by atoms with van der Waals surface area (Å²) in [6.45, 7) is 13.9. The monoisotopic (exact) mass is 301 g/mol. The Labute approximate surface area is 126 Å². The number of amides is 2. The Kier molecular flexibility index (Phi) is 5.67. The molecule has 0 aromatic rings. The van der Waals surface area contributed by atoms with E-state index in [0.29, 0.717) is 26.2 Å². The summed E-state index contributed by atoms with van der Waals surface area (Å²) in [5.41, 5.74) is 0.101. The van der Waals surface area contributed by atoms with Gasteiger partial charge >= 0.3 is 0 Å². The Bertz CT molecular complexity index is 368. The molecule has 0 saturated carbocycles. The highest BCUT2D eigenvalue weighted by Gasteiger charge is 2.40. The van der Waals surface area contributed by atoms with Gasteiger partial charge in [0.2, 0.25) is 11.8 Å². The molecule has 20 heavy (non-hydrogen) atoms. The summed E-state index contributed by atoms with van der Waals surface area (Å²) in [6.07, 6.45) is 0.319. The molecule has 0 N–H and O–H groups in total. The number of carbonyl (C=O) groups is 2. The first kappa shape index (κ1) is 17.5. The van der Waals surface area contributed by atoms with Crippen molar-refractivity contribution in [3.8, 4) is 0 Å². The van der Waals surface area contributed by atoms with E-state index in [0.717, 1.165) is 0 Å². The number of hydrogen-bond donors (Lipinski definition) is 0. The largest absolute Gasteiger partial charge is 0.379 e. The van der Waals surface area contributed by atoms with Gasteiger partial charge in [-0.2, -0.15) is 0 Å². The minimum Gasteiger partial charge on any atom is -0.379 e. The Balaban J connectivity index is 2.43. The molecule has 2 amide bonds. The first-order chi connectivity index (χ1) is 8.99. The van der Waals surface area contributed by atoms with E-state index in [2.05, 4.69) is 41.5 Å². The molecule has 0 aromatic carbocycles. The van der Waals surface area contributed by atoms with Crippen molar-refractivity contribution in [1.29, 1.82) is 0 Å². The van der Waals surface area contributed by atoms with Crippen LogP contribution < -0.4 is 0 Å². The fraction of sp³-hybridized carbons (Fsp3) is 0.867. The summed E-state index contributed by atoms with van der Waals surface area (Å²) < 4.78 is 5.53. The van der Waals surface area contributed by atoms with Crippen LogP contribution in [0.5, 0.6) is 0 Å². The van der Waals surface area contributed by atoms with Gasteiger partial charge in [0.1, 0.15) is 0 Å². The lowest BCUT2D eigenvalue weighted by Gasteiger charge is -2.22. The molecule has 1 aliphatic heterocycles. The lowest BCUT2D eigenvalue weighted by Crippen LogP contribution is -2.35. The lowest BCUT2D eigenvalue weighted by atomic mass is 9.99. The minimum atomic E-state index is -0.231. The molecule has 1 unspecified atom stereocenters. The average Bonchev–Trinajstić information content (AvgIpc) is 2.47. The van der Waals surface area contributed by atoms with Gasteiger partial charge in [-0.25, -0.2) is 0 Å². The van der Waals surface area contributed by atoms with Crippen LogP contribution in [0.15, 0.2) is 0 Å². The SMILES string of the molecule is CC(C)(C)COCCN1C(=O)CC(SC(C)(C)C)C1=O. The molecule has 0 aromatic heterocycles. The molecule has 1 rings (SSSR count). The molecule has 1 heterocycles. The molecule has 1 fully saturated rings. The van der Waals surface area contributed by atoms with E-state index in [9.17, 15) is 9.59 Å². The molecular formula is C15H27NO3S. The van der Waals surface area contributed by atoms with Crippen molar-refractivity contribution < 1.29 is 14.3 Å². The molecule has 0 aliphatic carbocycles. The van der Waals surface area contributed by atoms with E-state index in [1.54, 1.807) is 11.8 Å². The van der Waals surface area contributed by atoms with Gasteiger partial charge in [-0.15, -0.1) is 11.8 Å². The third-order valence-corrected chi connectivity index (χ3v) is 4.05. The van der Waals surface area contributed by atoms with Crippen LogP contribution in [0.4, 0.5) is 0 Å². The van der Waals surface area contributed by atoms with E-state index in [1.807, 2.05) is 0 Å². The lowest BCUT2D eigenvalue weighted by molar-refractivity contribution is -0.139. The third-order valence-electron chi connectivity index (χ3n) is 2.69. The number of rotatable bonds is 5. The summed E-state index contributed by atoms with van der Waals surface area (Å²) in [6, 6.07) is 0. The van der Waals surface area contributed by atoms with Gasteiger partial charge in [-0.3, -0.25) is 14.5 Å². The number of thioether (sulfide) groups is 1. The van der Waals surface area contributed by atoms with E-state index in [1.165, 1.54) is 4.90 Å². The van der Waals surface area contributed by atoms with Crippen LogP contribution in [0, 0.1) is 5.41 Å². The van der Waals surface area contributed by atoms with E-state index in [-0.39, 0.29) is 27.2 Å². The smallest absolute Gasteiger partial charge is 0.242 e. The van der Waals surface area contributed by atoms with Crippen LogP contribution in [0.2, 0.25) is 0 Å². The molecule has 1 atom stereocenters. The number of nitrogens with zero attached hydrogens (tertiary/aromatic N) is 1. The second-order valence-corrected chi connectivity index (χ2v) is 9.45. The highest BCUT2D eigenvalue weighted by Crippen LogP contribution is 2.34. The first-order valence-corrected chi connectivity index (χ1v) is 7.97. The van der Waals surface area contributed by atoms with Crippen LogP contribution >= 0.6 is 11.8 Å². The highest BCUT2D eigenvalue weighted by molar-refractivity contribution is 8.01. The van der Waals surface area contributed by atoms with Gasteiger partial charge in [0, 0.05) is 11.2 Å². The first-order valence-electron chi connectivity index (χ1n) is 7.09. The second-order valence-electron chi connectivity index (χ2n) is 7.42. The van der Waals surface area contributed by atoms with Gasteiger partial charge < -0.3 is 4.74 Å². The zero-order valence-electron chi connectivity index (χ0n) is 13.5. The summed E-state index contributed by atoms with van der Waals surface area (Å²) in [5, 5.41) is -0.231. The number of ether oxygens (including phenoxy) is 1. The van der Waals surface area contributed by atoms with Crippen molar-refractivity contribution in [2.45, 2.75) is 58.0 Å². The van der Waals surface area contributed by atoms with Crippen molar-refractivity contribution in [2.24, 2.45) is 5.41 Å². The van der Waals surface area contributed by atoms with Crippen LogP contribution in [0.1, 0.15) is 48.0 Å². The number of likely N-dealkylation sites (tertiary alicyclic amines) is 1. The van der Waals surface area contributed by atoms with Crippen molar-refractivity contribution >= 4 is 23.6 Å². The van der Waals surface area contributed by atoms with Crippen molar-refractivity contribution in [2.75, 3.05) is 19.8 Å². The van der Waals surface area contributed by atoms with Gasteiger partial charge in [0.25, 0.3) is 0 Å². The van der Waals surface area contributed by atoms with Crippen LogP contribution in [-0.2, 0) is 14.3 Å². The normalized spacial score (nSPS) is 20.9. The molecule has 5 heteroatoms. The minimum absolute atomic E-state index is 0.0145. The zero-order chi connectivity index (χ0) is 15.6. The molecule has 1 aliphatic rings. The summed E-state index contributed by atoms with van der Waals surface area (Å²) in [5.74, 6) is -0.134. The average molecular weight is 301 g/mol. The van der Waals surface area contributed by atoms with Crippen molar-refractivity contribution in [3.05, 3.63) is 0 Å². The molecule has 116 valence electrons. The fourth-order valence-corrected chi connectivity index (χ4v) is 3.25. The van der Waals surface area contributed by atoms with E-state index >= 15 is 0 Å². The van der Waals surface area contributed by atoms with Gasteiger partial charge in [0.05, 0.1) is 25.0 Å². The number of imide groups is 1. The number of carbonyl (C=O) groups excluding carboxylic acids is 2. The Morgan fingerprint density at radius 2 is 1.80 bits per heavy atom. The molecule has 0 radical (unpaired) electrons. The molecule has 4 nitrogen and oxygen atoms in total. The fourth-order valence-electron chi connectivity index (χ4n) is 1.94. The maximum Gasteiger partial charge on any atom is 0.242 e. The van der Waals surface area contributed by atoms with E-state index in [4.69, 9.17) is 4.74 Å². The number of hydrogen-bond acceptors (Lipinski definition) is 4. The summed E-state index contributed by atoms with van der Waals surface area (Å²) in [4.78, 5) is 25.5. The topological polar surface area (TPSA) is 46.6 Å². The van der Waals surface area contributed by atoms with Crippen LogP contribution in [0.25, 0.3) is 0 Å². The second kappa shape index (κ2) is 6.48. The molecule has 0 bridgehead atoms. The predicted octanol–water partition coefficient (Wildman–Crippen LogP) is 2.71. The Hall–Kier alpha value is -0.550. The van der Waals surface area contributed by atoms with Crippen LogP contribution in [-0.4, -0.2) is 46.5 Å². The molecular weight excluding hydrogens is 274 g/mol. The standard InChI is InChI=1S/C15H27NO3S/c1-14(2,3)10-19-8-7-16-12(17)9-11(13(16)18)20-15(4,5)6/h11H,7-10H2,1-6H3. The summed E-state index contributed by atoms with van der Waals surface area (Å²) >= 11 is 1.57. The maximum absolute atomic E-state index is 12.2. The zero-order valence-corrected chi connectivity index (χ0v) is 14.3. The quantitative estimate of drug-likeness (QED) is 0.578. The third kappa shape index (κ3) is 5.83. The van der Waals surface area contributed by atoms with Gasteiger partial charge in [-0.05, 0) is 5.41 Å². The van der Waals surface area contributed by atoms with Crippen LogP contribution in [0.3, 0.4) is 0 Å².